The minimum atomic E-state index is -0.361. The fourth-order valence-electron chi connectivity index (χ4n) is 4.21. The smallest absolute Gasteiger partial charge is 0.290 e. The first-order valence-corrected chi connectivity index (χ1v) is 11.4. The van der Waals surface area contributed by atoms with Gasteiger partial charge in [0.1, 0.15) is 5.82 Å². The van der Waals surface area contributed by atoms with E-state index in [0.717, 1.165) is 65.7 Å². The Morgan fingerprint density at radius 1 is 1.03 bits per heavy atom. The summed E-state index contributed by atoms with van der Waals surface area (Å²) in [6, 6.07) is 12.3. The highest BCUT2D eigenvalue weighted by Crippen LogP contribution is 2.32. The van der Waals surface area contributed by atoms with E-state index in [1.807, 2.05) is 25.1 Å². The third kappa shape index (κ3) is 4.73. The molecule has 0 unspecified atom stereocenters. The standard InChI is InChI=1S/C24H23N5O2S.ClH/c1-14-11-17(4-6-20(14)29-9-7-25-8-10-29)22-18-12-16(3-5-19(18)26-15(2)27-22)13-21-23(30)28-24(31)32-21;/h3-6,11-13,25H,7-10H2,1-2H3,(H,28,30,31);1H. The maximum atomic E-state index is 11.9. The lowest BCUT2D eigenvalue weighted by molar-refractivity contribution is -0.115. The summed E-state index contributed by atoms with van der Waals surface area (Å²) in [4.78, 5) is 35.6. The Balaban J connectivity index is 0.00000259. The highest BCUT2D eigenvalue weighted by molar-refractivity contribution is 8.18. The number of hydrogen-bond donors (Lipinski definition) is 2. The largest absolute Gasteiger partial charge is 0.369 e. The van der Waals surface area contributed by atoms with Gasteiger partial charge in [0.05, 0.1) is 16.1 Å². The van der Waals surface area contributed by atoms with Gasteiger partial charge >= 0.3 is 0 Å². The Morgan fingerprint density at radius 2 is 1.82 bits per heavy atom. The maximum absolute atomic E-state index is 11.9. The Bertz CT molecular complexity index is 1290. The van der Waals surface area contributed by atoms with Crippen molar-refractivity contribution in [2.75, 3.05) is 31.1 Å². The topological polar surface area (TPSA) is 87.2 Å². The van der Waals surface area contributed by atoms with Crippen LogP contribution >= 0.6 is 24.2 Å². The summed E-state index contributed by atoms with van der Waals surface area (Å²) in [6.07, 6.45) is 1.73. The molecular formula is C24H24ClN5O2S. The van der Waals surface area contributed by atoms with Crippen molar-refractivity contribution in [3.63, 3.8) is 0 Å². The quantitative estimate of drug-likeness (QED) is 0.545. The van der Waals surface area contributed by atoms with Crippen LogP contribution in [0, 0.1) is 13.8 Å². The highest BCUT2D eigenvalue weighted by Gasteiger charge is 2.25. The third-order valence-electron chi connectivity index (χ3n) is 5.70. The van der Waals surface area contributed by atoms with Gasteiger partial charge in [0.15, 0.2) is 0 Å². The molecule has 0 spiro atoms. The molecule has 2 fully saturated rings. The van der Waals surface area contributed by atoms with E-state index < -0.39 is 0 Å². The molecule has 0 saturated carbocycles. The molecule has 3 heterocycles. The van der Waals surface area contributed by atoms with Gasteiger partial charge in [0.2, 0.25) is 0 Å². The number of hydrogen-bond acceptors (Lipinski definition) is 7. The van der Waals surface area contributed by atoms with Crippen molar-refractivity contribution in [2.24, 2.45) is 0 Å². The third-order valence-corrected chi connectivity index (χ3v) is 6.51. The van der Waals surface area contributed by atoms with Crippen molar-refractivity contribution in [1.29, 1.82) is 0 Å². The fourth-order valence-corrected chi connectivity index (χ4v) is 4.89. The number of aromatic nitrogens is 2. The zero-order chi connectivity index (χ0) is 22.2. The number of nitrogens with zero attached hydrogens (tertiary/aromatic N) is 3. The molecule has 0 bridgehead atoms. The van der Waals surface area contributed by atoms with E-state index in [9.17, 15) is 9.59 Å². The number of carbonyl (C=O) groups is 2. The molecule has 2 saturated heterocycles. The van der Waals surface area contributed by atoms with Crippen molar-refractivity contribution < 1.29 is 9.59 Å². The molecule has 2 aliphatic rings. The minimum absolute atomic E-state index is 0. The van der Waals surface area contributed by atoms with Gasteiger partial charge in [-0.3, -0.25) is 14.9 Å². The second-order valence-corrected chi connectivity index (χ2v) is 9.00. The fraction of sp³-hybridized carbons (Fsp3) is 0.250. The van der Waals surface area contributed by atoms with Crippen molar-refractivity contribution in [3.8, 4) is 11.3 Å². The number of halogens is 1. The van der Waals surface area contributed by atoms with Gasteiger partial charge in [0, 0.05) is 42.8 Å². The number of carbonyl (C=O) groups excluding carboxylic acids is 2. The molecule has 3 aromatic rings. The lowest BCUT2D eigenvalue weighted by Gasteiger charge is -2.31. The summed E-state index contributed by atoms with van der Waals surface area (Å²) < 4.78 is 0. The lowest BCUT2D eigenvalue weighted by atomic mass is 10.0. The average Bonchev–Trinajstić information content (AvgIpc) is 3.10. The molecule has 2 N–H and O–H groups in total. The molecule has 2 aliphatic heterocycles. The molecule has 170 valence electrons. The van der Waals surface area contributed by atoms with E-state index in [4.69, 9.17) is 4.98 Å². The van der Waals surface area contributed by atoms with Crippen molar-refractivity contribution in [1.82, 2.24) is 20.6 Å². The Hall–Kier alpha value is -2.94. The Morgan fingerprint density at radius 3 is 2.52 bits per heavy atom. The molecule has 0 atom stereocenters. The molecule has 33 heavy (non-hydrogen) atoms. The van der Waals surface area contributed by atoms with E-state index in [0.29, 0.717) is 10.7 Å². The molecular weight excluding hydrogens is 458 g/mol. The summed E-state index contributed by atoms with van der Waals surface area (Å²) in [5.74, 6) is 0.346. The molecule has 1 aromatic heterocycles. The van der Waals surface area contributed by atoms with Crippen LogP contribution in [0.15, 0.2) is 41.3 Å². The molecule has 0 aliphatic carbocycles. The molecule has 9 heteroatoms. The summed E-state index contributed by atoms with van der Waals surface area (Å²) in [6.45, 7) is 8.03. The van der Waals surface area contributed by atoms with Crippen LogP contribution in [0.5, 0.6) is 0 Å². The van der Waals surface area contributed by atoms with Crippen LogP contribution < -0.4 is 15.5 Å². The van der Waals surface area contributed by atoms with Crippen LogP contribution in [-0.2, 0) is 4.79 Å². The van der Waals surface area contributed by atoms with Crippen molar-refractivity contribution in [3.05, 3.63) is 58.3 Å². The summed E-state index contributed by atoms with van der Waals surface area (Å²) >= 11 is 0.915. The number of rotatable bonds is 3. The zero-order valence-electron chi connectivity index (χ0n) is 18.3. The number of aryl methyl sites for hydroxylation is 2. The number of benzene rings is 2. The number of thioether (sulfide) groups is 1. The monoisotopic (exact) mass is 481 g/mol. The second kappa shape index (κ2) is 9.51. The molecule has 2 amide bonds. The van der Waals surface area contributed by atoms with Crippen LogP contribution in [0.3, 0.4) is 0 Å². The van der Waals surface area contributed by atoms with Gasteiger partial charge in [-0.05, 0) is 67.1 Å². The number of fused-ring (bicyclic) bond motifs is 1. The van der Waals surface area contributed by atoms with Crippen LogP contribution in [0.2, 0.25) is 0 Å². The van der Waals surface area contributed by atoms with Crippen molar-refractivity contribution in [2.45, 2.75) is 13.8 Å². The van der Waals surface area contributed by atoms with Crippen LogP contribution in [-0.4, -0.2) is 47.3 Å². The van der Waals surface area contributed by atoms with Gasteiger partial charge in [-0.25, -0.2) is 9.97 Å². The predicted octanol–water partition coefficient (Wildman–Crippen LogP) is 4.07. The summed E-state index contributed by atoms with van der Waals surface area (Å²) in [5, 5.41) is 6.25. The SMILES string of the molecule is Cc1nc(-c2ccc(N3CCNCC3)c(C)c2)c2cc(C=C3SC(=O)NC3=O)ccc2n1.Cl. The van der Waals surface area contributed by atoms with E-state index in [1.165, 1.54) is 11.3 Å². The van der Waals surface area contributed by atoms with E-state index in [2.05, 4.69) is 45.6 Å². The maximum Gasteiger partial charge on any atom is 0.290 e. The second-order valence-electron chi connectivity index (χ2n) is 7.99. The Labute approximate surface area is 202 Å². The summed E-state index contributed by atoms with van der Waals surface area (Å²) in [7, 11) is 0. The number of amides is 2. The number of anilines is 1. The normalized spacial score (nSPS) is 17.4. The van der Waals surface area contributed by atoms with Gasteiger partial charge in [-0.2, -0.15) is 0 Å². The number of piperazine rings is 1. The summed E-state index contributed by atoms with van der Waals surface area (Å²) in [5.41, 5.74) is 6.03. The van der Waals surface area contributed by atoms with Gasteiger partial charge in [-0.15, -0.1) is 12.4 Å². The predicted molar refractivity (Wildman–Crippen MR) is 136 cm³/mol. The van der Waals surface area contributed by atoms with Crippen molar-refractivity contribution >= 4 is 58.0 Å². The van der Waals surface area contributed by atoms with Gasteiger partial charge in [-0.1, -0.05) is 12.1 Å². The molecule has 0 radical (unpaired) electrons. The number of nitrogens with one attached hydrogen (secondary N) is 2. The van der Waals surface area contributed by atoms with Gasteiger partial charge in [0.25, 0.3) is 11.1 Å². The van der Waals surface area contributed by atoms with Gasteiger partial charge < -0.3 is 10.2 Å². The molecule has 5 rings (SSSR count). The lowest BCUT2D eigenvalue weighted by Crippen LogP contribution is -2.43. The Kier molecular flexibility index (Phi) is 6.69. The number of imide groups is 1. The van der Waals surface area contributed by atoms with E-state index >= 15 is 0 Å². The van der Waals surface area contributed by atoms with E-state index in [-0.39, 0.29) is 23.6 Å². The van der Waals surface area contributed by atoms with E-state index in [1.54, 1.807) is 6.08 Å². The van der Waals surface area contributed by atoms with Crippen LogP contribution in [0.4, 0.5) is 10.5 Å². The highest BCUT2D eigenvalue weighted by atomic mass is 35.5. The molecule has 2 aromatic carbocycles. The average molecular weight is 482 g/mol. The minimum Gasteiger partial charge on any atom is -0.369 e. The van der Waals surface area contributed by atoms with Crippen LogP contribution in [0.25, 0.3) is 28.2 Å². The first-order chi connectivity index (χ1) is 15.5. The van der Waals surface area contributed by atoms with Crippen LogP contribution in [0.1, 0.15) is 17.0 Å². The zero-order valence-corrected chi connectivity index (χ0v) is 20.0. The first-order valence-electron chi connectivity index (χ1n) is 10.6. The first kappa shape index (κ1) is 23.2. The molecule has 7 nitrogen and oxygen atoms in total.